The number of hydrogen-bond donors (Lipinski definition) is 0. The summed E-state index contributed by atoms with van der Waals surface area (Å²) in [4.78, 5) is 16.4. The molecule has 108 valence electrons. The van der Waals surface area contributed by atoms with Crippen LogP contribution in [-0.2, 0) is 4.74 Å². The van der Waals surface area contributed by atoms with Crippen LogP contribution in [0.5, 0.6) is 0 Å². The maximum atomic E-state index is 11.9. The van der Waals surface area contributed by atoms with Crippen molar-refractivity contribution in [1.29, 1.82) is 0 Å². The molecular weight excluding hydrogens is 410 g/mol. The molecule has 4 nitrogen and oxygen atoms in total. The van der Waals surface area contributed by atoms with Gasteiger partial charge in [-0.1, -0.05) is 13.8 Å². The number of oxazole rings is 1. The van der Waals surface area contributed by atoms with Crippen LogP contribution in [0.15, 0.2) is 18.1 Å². The summed E-state index contributed by atoms with van der Waals surface area (Å²) < 4.78 is 12.5. The van der Waals surface area contributed by atoms with Gasteiger partial charge in [0.25, 0.3) is 0 Å². The molecule has 0 aromatic carbocycles. The molecule has 20 heavy (non-hydrogen) atoms. The maximum Gasteiger partial charge on any atom is 0.376 e. The quantitative estimate of drug-likeness (QED) is 0.633. The second kappa shape index (κ2) is 6.41. The molecule has 0 amide bonds. The Balaban J connectivity index is 2.49. The van der Waals surface area contributed by atoms with Gasteiger partial charge in [-0.25, -0.2) is 9.78 Å². The molecule has 0 bridgehead atoms. The van der Waals surface area contributed by atoms with Gasteiger partial charge in [0.15, 0.2) is 0 Å². The van der Waals surface area contributed by atoms with Gasteiger partial charge in [0.2, 0.25) is 11.7 Å². The fourth-order valence-corrected chi connectivity index (χ4v) is 4.44. The Morgan fingerprint density at radius 2 is 2.20 bits per heavy atom. The number of aromatic nitrogens is 1. The lowest BCUT2D eigenvalue weighted by molar-refractivity contribution is 0.0488. The summed E-state index contributed by atoms with van der Waals surface area (Å²) in [5, 5.41) is 0. The lowest BCUT2D eigenvalue weighted by atomic mass is 10.1. The molecule has 0 aliphatic heterocycles. The molecule has 0 saturated heterocycles. The minimum Gasteiger partial charge on any atom is -0.460 e. The van der Waals surface area contributed by atoms with Crippen LogP contribution in [-0.4, -0.2) is 17.6 Å². The SMILES string of the molecule is CCOC(=O)c1oc(-c2cc(Br)sc2Br)nc1C(C)C. The first kappa shape index (κ1) is 15.7. The monoisotopic (exact) mass is 421 g/mol. The zero-order valence-electron chi connectivity index (χ0n) is 11.2. The summed E-state index contributed by atoms with van der Waals surface area (Å²) in [6.45, 7) is 5.99. The van der Waals surface area contributed by atoms with Gasteiger partial charge in [-0.05, 0) is 50.8 Å². The topological polar surface area (TPSA) is 52.3 Å². The lowest BCUT2D eigenvalue weighted by Crippen LogP contribution is -2.07. The van der Waals surface area contributed by atoms with Gasteiger partial charge in [0.1, 0.15) is 0 Å². The average molecular weight is 423 g/mol. The lowest BCUT2D eigenvalue weighted by Gasteiger charge is -2.02. The van der Waals surface area contributed by atoms with Crippen molar-refractivity contribution in [3.05, 3.63) is 25.1 Å². The molecule has 0 radical (unpaired) electrons. The highest BCUT2D eigenvalue weighted by atomic mass is 79.9. The number of nitrogens with zero attached hydrogens (tertiary/aromatic N) is 1. The summed E-state index contributed by atoms with van der Waals surface area (Å²) in [6.07, 6.45) is 0. The van der Waals surface area contributed by atoms with Crippen LogP contribution in [0.3, 0.4) is 0 Å². The van der Waals surface area contributed by atoms with Crippen molar-refractivity contribution in [1.82, 2.24) is 4.98 Å². The Labute approximate surface area is 137 Å². The number of halogens is 2. The third-order valence-corrected chi connectivity index (χ3v) is 4.89. The standard InChI is InChI=1S/C13H13Br2NO3S/c1-4-18-13(17)10-9(6(2)3)16-12(19-10)7-5-8(14)20-11(7)15/h5-6H,4H2,1-3H3. The van der Waals surface area contributed by atoms with Crippen molar-refractivity contribution in [3.63, 3.8) is 0 Å². The molecule has 0 aliphatic rings. The average Bonchev–Trinajstić information content (AvgIpc) is 2.93. The first-order chi connectivity index (χ1) is 9.43. The third kappa shape index (κ3) is 3.15. The summed E-state index contributed by atoms with van der Waals surface area (Å²) in [5.41, 5.74) is 1.44. The number of rotatable bonds is 4. The van der Waals surface area contributed by atoms with E-state index in [0.717, 1.165) is 13.1 Å². The van der Waals surface area contributed by atoms with E-state index in [1.165, 1.54) is 11.3 Å². The van der Waals surface area contributed by atoms with E-state index in [9.17, 15) is 4.79 Å². The normalized spacial score (nSPS) is 11.1. The second-order valence-corrected chi connectivity index (χ2v) is 8.10. The number of ether oxygens (including phenoxy) is 1. The molecule has 0 aliphatic carbocycles. The summed E-state index contributed by atoms with van der Waals surface area (Å²) >= 11 is 8.40. The van der Waals surface area contributed by atoms with E-state index in [4.69, 9.17) is 9.15 Å². The summed E-state index contributed by atoms with van der Waals surface area (Å²) in [5.74, 6) is 0.213. The van der Waals surface area contributed by atoms with Crippen LogP contribution in [0.25, 0.3) is 11.5 Å². The largest absolute Gasteiger partial charge is 0.460 e. The van der Waals surface area contributed by atoms with Crippen molar-refractivity contribution in [2.24, 2.45) is 0 Å². The fraction of sp³-hybridized carbons (Fsp3) is 0.385. The van der Waals surface area contributed by atoms with Gasteiger partial charge in [-0.15, -0.1) is 11.3 Å². The van der Waals surface area contributed by atoms with Crippen LogP contribution in [0.2, 0.25) is 0 Å². The van der Waals surface area contributed by atoms with Crippen molar-refractivity contribution in [2.75, 3.05) is 6.61 Å². The van der Waals surface area contributed by atoms with Crippen molar-refractivity contribution >= 4 is 49.2 Å². The van der Waals surface area contributed by atoms with Gasteiger partial charge in [0.05, 0.1) is 25.4 Å². The summed E-state index contributed by atoms with van der Waals surface area (Å²) in [7, 11) is 0. The second-order valence-electron chi connectivity index (χ2n) is 4.35. The molecule has 0 unspecified atom stereocenters. The van der Waals surface area contributed by atoms with Crippen molar-refractivity contribution in [2.45, 2.75) is 26.7 Å². The highest BCUT2D eigenvalue weighted by Gasteiger charge is 2.25. The Morgan fingerprint density at radius 3 is 2.70 bits per heavy atom. The number of carbonyl (C=O) groups is 1. The molecule has 2 heterocycles. The van der Waals surface area contributed by atoms with Crippen LogP contribution < -0.4 is 0 Å². The number of esters is 1. The smallest absolute Gasteiger partial charge is 0.376 e. The van der Waals surface area contributed by atoms with Gasteiger partial charge in [0, 0.05) is 0 Å². The zero-order valence-corrected chi connectivity index (χ0v) is 15.2. The van der Waals surface area contributed by atoms with E-state index in [1.807, 2.05) is 19.9 Å². The van der Waals surface area contributed by atoms with Gasteiger partial charge in [-0.2, -0.15) is 0 Å². The van der Waals surface area contributed by atoms with E-state index in [1.54, 1.807) is 6.92 Å². The Bertz CT molecular complexity index is 634. The van der Waals surface area contributed by atoms with Crippen LogP contribution in [0.4, 0.5) is 0 Å². The van der Waals surface area contributed by atoms with Gasteiger partial charge >= 0.3 is 5.97 Å². The molecule has 0 atom stereocenters. The molecular formula is C13H13Br2NO3S. The van der Waals surface area contributed by atoms with Crippen molar-refractivity contribution in [3.8, 4) is 11.5 Å². The molecule has 0 spiro atoms. The number of carbonyl (C=O) groups excluding carboxylic acids is 1. The molecule has 2 aromatic rings. The molecule has 2 rings (SSSR count). The molecule has 0 saturated carbocycles. The number of thiophene rings is 1. The summed E-state index contributed by atoms with van der Waals surface area (Å²) in [6, 6.07) is 1.90. The highest BCUT2D eigenvalue weighted by Crippen LogP contribution is 2.39. The van der Waals surface area contributed by atoms with E-state index >= 15 is 0 Å². The van der Waals surface area contributed by atoms with Crippen molar-refractivity contribution < 1.29 is 13.9 Å². The molecule has 0 N–H and O–H groups in total. The number of hydrogen-bond acceptors (Lipinski definition) is 5. The molecule has 0 fully saturated rings. The predicted molar refractivity (Wildman–Crippen MR) is 85.3 cm³/mol. The molecule has 7 heteroatoms. The van der Waals surface area contributed by atoms with Gasteiger partial charge < -0.3 is 9.15 Å². The van der Waals surface area contributed by atoms with E-state index in [2.05, 4.69) is 36.8 Å². The minimum absolute atomic E-state index is 0.0766. The van der Waals surface area contributed by atoms with E-state index < -0.39 is 5.97 Å². The zero-order chi connectivity index (χ0) is 14.9. The van der Waals surface area contributed by atoms with E-state index in [0.29, 0.717) is 18.2 Å². The first-order valence-corrected chi connectivity index (χ1v) is 8.47. The van der Waals surface area contributed by atoms with Gasteiger partial charge in [-0.3, -0.25) is 0 Å². The third-order valence-electron chi connectivity index (χ3n) is 2.55. The van der Waals surface area contributed by atoms with Crippen LogP contribution in [0.1, 0.15) is 42.9 Å². The maximum absolute atomic E-state index is 11.9. The Kier molecular flexibility index (Phi) is 5.04. The minimum atomic E-state index is -0.472. The fourth-order valence-electron chi connectivity index (χ4n) is 1.67. The molecule has 2 aromatic heterocycles. The predicted octanol–water partition coefficient (Wildman–Crippen LogP) is 5.23. The van der Waals surface area contributed by atoms with Crippen LogP contribution >= 0.6 is 43.2 Å². The highest BCUT2D eigenvalue weighted by molar-refractivity contribution is 9.12. The van der Waals surface area contributed by atoms with E-state index in [-0.39, 0.29) is 11.7 Å². The Hall–Kier alpha value is -0.660. The first-order valence-electron chi connectivity index (χ1n) is 6.07. The van der Waals surface area contributed by atoms with Crippen LogP contribution in [0, 0.1) is 0 Å². The Morgan fingerprint density at radius 1 is 1.50 bits per heavy atom.